The number of hydrogen-bond acceptors (Lipinski definition) is 2. The summed E-state index contributed by atoms with van der Waals surface area (Å²) >= 11 is 0. The molecule has 0 spiro atoms. The molecule has 0 aliphatic carbocycles. The van der Waals surface area contributed by atoms with Crippen LogP contribution in [0.4, 0.5) is 0 Å². The molecule has 3 heteroatoms. The molecule has 1 aromatic rings. The Morgan fingerprint density at radius 2 is 1.62 bits per heavy atom. The zero-order valence-corrected chi connectivity index (χ0v) is 7.22. The minimum atomic E-state index is -1.39. The first-order valence-corrected chi connectivity index (χ1v) is 3.99. The third kappa shape index (κ3) is 3.28. The van der Waals surface area contributed by atoms with Crippen LogP contribution in [0.15, 0.2) is 36.8 Å². The summed E-state index contributed by atoms with van der Waals surface area (Å²) in [5, 5.41) is 17.1. The molecular formula is C10H11BO2. The van der Waals surface area contributed by atoms with Gasteiger partial charge < -0.3 is 10.0 Å². The van der Waals surface area contributed by atoms with Crippen molar-refractivity contribution in [3.63, 3.8) is 0 Å². The average Bonchev–Trinajstić information content (AvgIpc) is 2.15. The molecule has 0 aromatic heterocycles. The van der Waals surface area contributed by atoms with Gasteiger partial charge in [-0.2, -0.15) is 0 Å². The van der Waals surface area contributed by atoms with Gasteiger partial charge in [0, 0.05) is 0 Å². The van der Waals surface area contributed by atoms with Gasteiger partial charge in [-0.3, -0.25) is 0 Å². The van der Waals surface area contributed by atoms with Crippen LogP contribution in [-0.2, 0) is 0 Å². The Morgan fingerprint density at radius 3 is 2.08 bits per heavy atom. The van der Waals surface area contributed by atoms with Gasteiger partial charge >= 0.3 is 7.12 Å². The smallest absolute Gasteiger partial charge is 0.424 e. The Labute approximate surface area is 78.0 Å². The molecule has 0 fully saturated rings. The first-order valence-electron chi connectivity index (χ1n) is 3.99. The van der Waals surface area contributed by atoms with E-state index in [1.165, 1.54) is 5.98 Å². The van der Waals surface area contributed by atoms with Crippen LogP contribution in [0.5, 0.6) is 0 Å². The normalized spacial score (nSPS) is 10.3. The highest BCUT2D eigenvalue weighted by Crippen LogP contribution is 2.06. The van der Waals surface area contributed by atoms with Crippen molar-refractivity contribution in [2.45, 2.75) is 0 Å². The number of hydrogen-bond donors (Lipinski definition) is 2. The molecule has 0 aliphatic heterocycles. The van der Waals surface area contributed by atoms with Crippen LogP contribution in [-0.4, -0.2) is 17.2 Å². The molecule has 1 aromatic carbocycles. The van der Waals surface area contributed by atoms with Crippen molar-refractivity contribution < 1.29 is 10.0 Å². The van der Waals surface area contributed by atoms with Crippen LogP contribution in [0.1, 0.15) is 11.1 Å². The predicted octanol–water partition coefficient (Wildman–Crippen LogP) is 1.35. The van der Waals surface area contributed by atoms with Gasteiger partial charge in [-0.15, -0.1) is 0 Å². The van der Waals surface area contributed by atoms with E-state index in [-0.39, 0.29) is 0 Å². The highest BCUT2D eigenvalue weighted by molar-refractivity contribution is 6.48. The van der Waals surface area contributed by atoms with Crippen molar-refractivity contribution in [2.24, 2.45) is 0 Å². The molecule has 0 bridgehead atoms. The van der Waals surface area contributed by atoms with Crippen molar-refractivity contribution in [3.05, 3.63) is 47.9 Å². The Hall–Kier alpha value is -1.32. The minimum absolute atomic E-state index is 0.929. The lowest BCUT2D eigenvalue weighted by Gasteiger charge is -1.94. The lowest BCUT2D eigenvalue weighted by Crippen LogP contribution is -2.05. The maximum Gasteiger partial charge on any atom is 0.480 e. The highest BCUT2D eigenvalue weighted by Gasteiger charge is 1.97. The third-order valence-corrected chi connectivity index (χ3v) is 1.63. The molecule has 0 saturated carbocycles. The molecule has 0 radical (unpaired) electrons. The second kappa shape index (κ2) is 4.65. The van der Waals surface area contributed by atoms with E-state index in [4.69, 9.17) is 10.0 Å². The maximum atomic E-state index is 8.57. The summed E-state index contributed by atoms with van der Waals surface area (Å²) in [5.74, 6) is 1.31. The molecular weight excluding hydrogens is 163 g/mol. The Bertz CT molecular complexity index is 301. The summed E-state index contributed by atoms with van der Waals surface area (Å²) in [6, 6.07) is 7.60. The van der Waals surface area contributed by atoms with Crippen LogP contribution in [0.2, 0.25) is 0 Å². The molecule has 66 valence electrons. The van der Waals surface area contributed by atoms with E-state index in [0.717, 1.165) is 11.1 Å². The molecule has 0 atom stereocenters. The minimum Gasteiger partial charge on any atom is -0.424 e. The van der Waals surface area contributed by atoms with Crippen molar-refractivity contribution in [1.82, 2.24) is 0 Å². The summed E-state index contributed by atoms with van der Waals surface area (Å²) in [6.45, 7) is 3.64. The van der Waals surface area contributed by atoms with E-state index >= 15 is 0 Å². The molecule has 0 heterocycles. The summed E-state index contributed by atoms with van der Waals surface area (Å²) in [7, 11) is -1.39. The van der Waals surface area contributed by atoms with E-state index in [9.17, 15) is 0 Å². The maximum absolute atomic E-state index is 8.57. The molecule has 2 N–H and O–H groups in total. The van der Waals surface area contributed by atoms with E-state index in [1.54, 1.807) is 12.2 Å². The van der Waals surface area contributed by atoms with Crippen LogP contribution in [0, 0.1) is 0 Å². The van der Waals surface area contributed by atoms with Gasteiger partial charge in [-0.25, -0.2) is 0 Å². The second-order valence-electron chi connectivity index (χ2n) is 2.64. The third-order valence-electron chi connectivity index (χ3n) is 1.63. The van der Waals surface area contributed by atoms with Gasteiger partial charge in [0.25, 0.3) is 0 Å². The fraction of sp³-hybridized carbons (Fsp3) is 0. The number of rotatable bonds is 3. The summed E-state index contributed by atoms with van der Waals surface area (Å²) in [4.78, 5) is 0. The average molecular weight is 174 g/mol. The highest BCUT2D eigenvalue weighted by atomic mass is 16.4. The summed E-state index contributed by atoms with van der Waals surface area (Å²) < 4.78 is 0. The zero-order valence-electron chi connectivity index (χ0n) is 7.22. The van der Waals surface area contributed by atoms with E-state index in [2.05, 4.69) is 6.58 Å². The van der Waals surface area contributed by atoms with Crippen LogP contribution in [0.3, 0.4) is 0 Å². The lowest BCUT2D eigenvalue weighted by atomic mass is 9.91. The lowest BCUT2D eigenvalue weighted by molar-refractivity contribution is 0.424. The first kappa shape index (κ1) is 9.77. The molecule has 0 amide bonds. The predicted molar refractivity (Wildman–Crippen MR) is 55.8 cm³/mol. The van der Waals surface area contributed by atoms with Crippen molar-refractivity contribution in [3.8, 4) is 0 Å². The van der Waals surface area contributed by atoms with Crippen LogP contribution < -0.4 is 0 Å². The topological polar surface area (TPSA) is 40.5 Å². The van der Waals surface area contributed by atoms with Crippen molar-refractivity contribution >= 4 is 19.3 Å². The van der Waals surface area contributed by atoms with Crippen molar-refractivity contribution in [1.29, 1.82) is 0 Å². The molecule has 0 unspecified atom stereocenters. The zero-order chi connectivity index (χ0) is 9.68. The second-order valence-corrected chi connectivity index (χ2v) is 2.64. The van der Waals surface area contributed by atoms with Crippen LogP contribution >= 0.6 is 0 Å². The van der Waals surface area contributed by atoms with Gasteiger partial charge in [-0.05, 0) is 11.1 Å². The molecule has 1 rings (SSSR count). The molecule has 0 saturated heterocycles. The summed E-state index contributed by atoms with van der Waals surface area (Å²) in [6.07, 6.45) is 3.41. The number of benzene rings is 1. The van der Waals surface area contributed by atoms with E-state index in [1.807, 2.05) is 24.3 Å². The summed E-state index contributed by atoms with van der Waals surface area (Å²) in [5.41, 5.74) is 1.97. The molecule has 2 nitrogen and oxygen atoms in total. The van der Waals surface area contributed by atoms with Gasteiger partial charge in [0.1, 0.15) is 0 Å². The van der Waals surface area contributed by atoms with Crippen LogP contribution in [0.25, 0.3) is 12.2 Å². The van der Waals surface area contributed by atoms with Gasteiger partial charge in [0.05, 0.1) is 0 Å². The largest absolute Gasteiger partial charge is 0.480 e. The van der Waals surface area contributed by atoms with Gasteiger partial charge in [-0.1, -0.05) is 49.0 Å². The standard InChI is InChI=1S/C10H11BO2/c1-2-9-3-5-10(6-4-9)7-8-11(12)13/h2-8,12-13H,1H2/b8-7+. The first-order chi connectivity index (χ1) is 6.22. The quantitative estimate of drug-likeness (QED) is 0.679. The van der Waals surface area contributed by atoms with E-state index in [0.29, 0.717) is 0 Å². The monoisotopic (exact) mass is 174 g/mol. The fourth-order valence-corrected chi connectivity index (χ4v) is 0.940. The SMILES string of the molecule is C=Cc1ccc(/C=C/B(O)O)cc1. The molecule has 13 heavy (non-hydrogen) atoms. The van der Waals surface area contributed by atoms with Gasteiger partial charge in [0.2, 0.25) is 0 Å². The Morgan fingerprint density at radius 1 is 1.08 bits per heavy atom. The van der Waals surface area contributed by atoms with Gasteiger partial charge in [0.15, 0.2) is 0 Å². The fourth-order valence-electron chi connectivity index (χ4n) is 0.940. The van der Waals surface area contributed by atoms with Crippen molar-refractivity contribution in [2.75, 3.05) is 0 Å². The van der Waals surface area contributed by atoms with E-state index < -0.39 is 7.12 Å². The molecule has 0 aliphatic rings. The Balaban J connectivity index is 2.75. The Kier molecular flexibility index (Phi) is 3.49.